The van der Waals surface area contributed by atoms with Gasteiger partial charge in [0.2, 0.25) is 5.91 Å². The molecular formula is C21H23BrN4O2. The number of nitrogens with zero attached hydrogens (tertiary/aromatic N) is 3. The molecule has 28 heavy (non-hydrogen) atoms. The van der Waals surface area contributed by atoms with Gasteiger partial charge in [-0.25, -0.2) is 4.98 Å². The topological polar surface area (TPSA) is 65.5 Å². The van der Waals surface area contributed by atoms with Crippen molar-refractivity contribution in [2.24, 2.45) is 0 Å². The summed E-state index contributed by atoms with van der Waals surface area (Å²) in [5.74, 6) is 0.739. The third kappa shape index (κ3) is 5.19. The van der Waals surface area contributed by atoms with E-state index >= 15 is 0 Å². The van der Waals surface area contributed by atoms with Crippen LogP contribution < -0.4 is 10.2 Å². The normalized spacial score (nSPS) is 13.8. The third-order valence-corrected chi connectivity index (χ3v) is 4.95. The molecule has 1 aromatic carbocycles. The van der Waals surface area contributed by atoms with Gasteiger partial charge >= 0.3 is 0 Å². The second-order valence-electron chi connectivity index (χ2n) is 6.90. The molecule has 2 amide bonds. The first-order valence-electron chi connectivity index (χ1n) is 9.14. The molecule has 2 heterocycles. The number of halogens is 1. The van der Waals surface area contributed by atoms with E-state index in [1.165, 1.54) is 0 Å². The Hall–Kier alpha value is -2.67. The Labute approximate surface area is 173 Å². The second kappa shape index (κ2) is 9.01. The average molecular weight is 443 g/mol. The SMILES string of the molecule is CC(C)=CC(=O)Nc1ccc(N2CCN(C(=O)c3ccc(Br)cc3)CC2)nc1. The smallest absolute Gasteiger partial charge is 0.253 e. The van der Waals surface area contributed by atoms with E-state index in [1.54, 1.807) is 12.3 Å². The van der Waals surface area contributed by atoms with Crippen LogP contribution in [0.1, 0.15) is 24.2 Å². The van der Waals surface area contributed by atoms with Crippen LogP contribution in [0.15, 0.2) is 58.7 Å². The molecule has 1 saturated heterocycles. The number of allylic oxidation sites excluding steroid dienone is 1. The lowest BCUT2D eigenvalue weighted by molar-refractivity contribution is -0.111. The van der Waals surface area contributed by atoms with Gasteiger partial charge < -0.3 is 15.1 Å². The number of carbonyl (C=O) groups is 2. The van der Waals surface area contributed by atoms with E-state index in [1.807, 2.05) is 55.1 Å². The number of benzene rings is 1. The first kappa shape index (κ1) is 20.1. The van der Waals surface area contributed by atoms with E-state index in [-0.39, 0.29) is 11.8 Å². The molecule has 1 fully saturated rings. The van der Waals surface area contributed by atoms with Crippen LogP contribution in [-0.2, 0) is 4.79 Å². The average Bonchev–Trinajstić information content (AvgIpc) is 2.68. The molecule has 3 rings (SSSR count). The summed E-state index contributed by atoms with van der Waals surface area (Å²) in [5.41, 5.74) is 2.30. The van der Waals surface area contributed by atoms with E-state index < -0.39 is 0 Å². The second-order valence-corrected chi connectivity index (χ2v) is 7.82. The summed E-state index contributed by atoms with van der Waals surface area (Å²) in [6.07, 6.45) is 3.21. The van der Waals surface area contributed by atoms with E-state index in [2.05, 4.69) is 31.1 Å². The van der Waals surface area contributed by atoms with Crippen LogP contribution in [-0.4, -0.2) is 47.9 Å². The quantitative estimate of drug-likeness (QED) is 0.732. The Kier molecular flexibility index (Phi) is 6.46. The molecule has 1 aliphatic rings. The van der Waals surface area contributed by atoms with Gasteiger partial charge in [-0.15, -0.1) is 0 Å². The molecule has 0 spiro atoms. The molecule has 1 aromatic heterocycles. The molecule has 6 nitrogen and oxygen atoms in total. The zero-order valence-corrected chi connectivity index (χ0v) is 17.6. The van der Waals surface area contributed by atoms with Crippen molar-refractivity contribution in [2.75, 3.05) is 36.4 Å². The van der Waals surface area contributed by atoms with Gasteiger partial charge in [-0.1, -0.05) is 21.5 Å². The number of hydrogen-bond donors (Lipinski definition) is 1. The summed E-state index contributed by atoms with van der Waals surface area (Å²) in [7, 11) is 0. The number of carbonyl (C=O) groups excluding carboxylic acids is 2. The standard InChI is InChI=1S/C21H23BrN4O2/c1-15(2)13-20(27)24-18-7-8-19(23-14-18)25-9-11-26(12-10-25)21(28)16-3-5-17(22)6-4-16/h3-8,13-14H,9-12H2,1-2H3,(H,24,27). The highest BCUT2D eigenvalue weighted by Crippen LogP contribution is 2.18. The summed E-state index contributed by atoms with van der Waals surface area (Å²) < 4.78 is 0.959. The number of aromatic nitrogens is 1. The Morgan fingerprint density at radius 1 is 1.04 bits per heavy atom. The highest BCUT2D eigenvalue weighted by Gasteiger charge is 2.22. The fraction of sp³-hybridized carbons (Fsp3) is 0.286. The van der Waals surface area contributed by atoms with Crippen LogP contribution in [0.4, 0.5) is 11.5 Å². The maximum Gasteiger partial charge on any atom is 0.253 e. The Morgan fingerprint density at radius 2 is 1.71 bits per heavy atom. The van der Waals surface area contributed by atoms with Gasteiger partial charge in [0, 0.05) is 42.3 Å². The summed E-state index contributed by atoms with van der Waals surface area (Å²) in [6, 6.07) is 11.2. The number of hydrogen-bond acceptors (Lipinski definition) is 4. The van der Waals surface area contributed by atoms with Crippen molar-refractivity contribution in [2.45, 2.75) is 13.8 Å². The fourth-order valence-electron chi connectivity index (χ4n) is 3.00. The van der Waals surface area contributed by atoms with Gasteiger partial charge in [0.25, 0.3) is 5.91 Å². The molecule has 0 saturated carbocycles. The van der Waals surface area contributed by atoms with Crippen molar-refractivity contribution in [3.05, 3.63) is 64.3 Å². The minimum Gasteiger partial charge on any atom is -0.353 e. The van der Waals surface area contributed by atoms with Crippen molar-refractivity contribution < 1.29 is 9.59 Å². The molecule has 7 heteroatoms. The highest BCUT2D eigenvalue weighted by molar-refractivity contribution is 9.10. The predicted molar refractivity (Wildman–Crippen MR) is 115 cm³/mol. The van der Waals surface area contributed by atoms with Crippen LogP contribution in [0, 0.1) is 0 Å². The first-order valence-corrected chi connectivity index (χ1v) is 9.93. The summed E-state index contributed by atoms with van der Waals surface area (Å²) in [5, 5.41) is 2.79. The van der Waals surface area contributed by atoms with Gasteiger partial charge in [0.05, 0.1) is 11.9 Å². The van der Waals surface area contributed by atoms with Crippen LogP contribution in [0.25, 0.3) is 0 Å². The lowest BCUT2D eigenvalue weighted by atomic mass is 10.2. The first-order chi connectivity index (χ1) is 13.4. The fourth-order valence-corrected chi connectivity index (χ4v) is 3.27. The molecule has 1 aliphatic heterocycles. The van der Waals surface area contributed by atoms with Gasteiger partial charge in [0.15, 0.2) is 0 Å². The Balaban J connectivity index is 1.56. The van der Waals surface area contributed by atoms with Crippen molar-refractivity contribution in [3.63, 3.8) is 0 Å². The Morgan fingerprint density at radius 3 is 2.29 bits per heavy atom. The van der Waals surface area contributed by atoms with E-state index in [0.717, 1.165) is 29.0 Å². The van der Waals surface area contributed by atoms with Crippen molar-refractivity contribution in [3.8, 4) is 0 Å². The lowest BCUT2D eigenvalue weighted by Crippen LogP contribution is -2.49. The van der Waals surface area contributed by atoms with Gasteiger partial charge in [-0.3, -0.25) is 9.59 Å². The number of anilines is 2. The van der Waals surface area contributed by atoms with E-state index in [0.29, 0.717) is 24.3 Å². The van der Waals surface area contributed by atoms with Gasteiger partial charge in [-0.05, 0) is 50.2 Å². The molecule has 0 bridgehead atoms. The van der Waals surface area contributed by atoms with Crippen molar-refractivity contribution in [1.29, 1.82) is 0 Å². The molecule has 0 radical (unpaired) electrons. The van der Waals surface area contributed by atoms with Crippen LogP contribution >= 0.6 is 15.9 Å². The Bertz CT molecular complexity index is 866. The molecule has 0 aliphatic carbocycles. The van der Waals surface area contributed by atoms with Crippen LogP contribution in [0.2, 0.25) is 0 Å². The minimum absolute atomic E-state index is 0.0532. The molecular weight excluding hydrogens is 420 g/mol. The van der Waals surface area contributed by atoms with Gasteiger partial charge in [0.1, 0.15) is 5.82 Å². The maximum atomic E-state index is 12.6. The monoisotopic (exact) mass is 442 g/mol. The van der Waals surface area contributed by atoms with E-state index in [4.69, 9.17) is 0 Å². The number of amides is 2. The maximum absolute atomic E-state index is 12.6. The van der Waals surface area contributed by atoms with Crippen molar-refractivity contribution in [1.82, 2.24) is 9.88 Å². The van der Waals surface area contributed by atoms with Gasteiger partial charge in [-0.2, -0.15) is 0 Å². The largest absolute Gasteiger partial charge is 0.353 e. The lowest BCUT2D eigenvalue weighted by Gasteiger charge is -2.35. The van der Waals surface area contributed by atoms with Crippen LogP contribution in [0.5, 0.6) is 0 Å². The number of nitrogens with one attached hydrogen (secondary N) is 1. The third-order valence-electron chi connectivity index (χ3n) is 4.42. The molecule has 0 unspecified atom stereocenters. The number of piperazine rings is 1. The minimum atomic E-state index is -0.158. The zero-order chi connectivity index (χ0) is 20.1. The van der Waals surface area contributed by atoms with E-state index in [9.17, 15) is 9.59 Å². The summed E-state index contributed by atoms with van der Waals surface area (Å²) >= 11 is 3.39. The number of rotatable bonds is 4. The molecule has 1 N–H and O–H groups in total. The van der Waals surface area contributed by atoms with Crippen LogP contribution in [0.3, 0.4) is 0 Å². The highest BCUT2D eigenvalue weighted by atomic mass is 79.9. The van der Waals surface area contributed by atoms with Crippen molar-refractivity contribution >= 4 is 39.2 Å². The molecule has 2 aromatic rings. The molecule has 146 valence electrons. The predicted octanol–water partition coefficient (Wildman–Crippen LogP) is 3.71. The zero-order valence-electron chi connectivity index (χ0n) is 16.0. The molecule has 0 atom stereocenters. The number of pyridine rings is 1. The summed E-state index contributed by atoms with van der Waals surface area (Å²) in [4.78, 5) is 32.9. The summed E-state index contributed by atoms with van der Waals surface area (Å²) in [6.45, 7) is 6.49.